The predicted octanol–water partition coefficient (Wildman–Crippen LogP) is 4.66. The van der Waals surface area contributed by atoms with E-state index in [1.807, 2.05) is 12.1 Å². The van der Waals surface area contributed by atoms with E-state index in [1.54, 1.807) is 0 Å². The van der Waals surface area contributed by atoms with Gasteiger partial charge in [-0.1, -0.05) is 36.4 Å². The van der Waals surface area contributed by atoms with Crippen LogP contribution in [0.5, 0.6) is 0 Å². The Labute approximate surface area is 115 Å². The summed E-state index contributed by atoms with van der Waals surface area (Å²) >= 11 is -0.826. The van der Waals surface area contributed by atoms with Crippen molar-refractivity contribution < 1.29 is 20.8 Å². The summed E-state index contributed by atoms with van der Waals surface area (Å²) in [4.78, 5) is 0. The van der Waals surface area contributed by atoms with Crippen LogP contribution in [0.2, 0.25) is 0 Å². The molecule has 0 heterocycles. The number of hydrogen-bond acceptors (Lipinski definition) is 0. The first kappa shape index (κ1) is 13.8. The summed E-state index contributed by atoms with van der Waals surface area (Å²) < 4.78 is 0. The second kappa shape index (κ2) is 8.87. The topological polar surface area (TPSA) is 0 Å². The molecule has 2 rings (SSSR count). The summed E-state index contributed by atoms with van der Waals surface area (Å²) in [6.07, 6.45) is 2.17. The Morgan fingerprint density at radius 2 is 1.00 bits per heavy atom. The first-order valence-corrected chi connectivity index (χ1v) is 11.1. The van der Waals surface area contributed by atoms with Crippen molar-refractivity contribution in [3.63, 3.8) is 0 Å². The molecule has 0 amide bonds. The van der Waals surface area contributed by atoms with Crippen LogP contribution < -0.4 is 0 Å². The van der Waals surface area contributed by atoms with Crippen LogP contribution >= 0.6 is 17.0 Å². The van der Waals surface area contributed by atoms with Gasteiger partial charge in [0.1, 0.15) is 0 Å². The second-order valence-corrected chi connectivity index (χ2v) is 6.77. The van der Waals surface area contributed by atoms with Gasteiger partial charge < -0.3 is 0 Å². The summed E-state index contributed by atoms with van der Waals surface area (Å²) in [6, 6.07) is 20.7. The third-order valence-corrected chi connectivity index (χ3v) is 1.93. The van der Waals surface area contributed by atoms with Crippen molar-refractivity contribution in [3.05, 3.63) is 78.2 Å². The molecule has 0 nitrogen and oxygen atoms in total. The molecule has 0 aromatic heterocycles. The molecule has 2 aromatic rings. The minimum Gasteiger partial charge on any atom is -0.126 e. The molecule has 0 aliphatic carbocycles. The van der Waals surface area contributed by atoms with Gasteiger partial charge in [0, 0.05) is 0 Å². The van der Waals surface area contributed by atoms with E-state index >= 15 is 0 Å². The molecule has 0 spiro atoms. The van der Waals surface area contributed by atoms with Gasteiger partial charge in [-0.3, -0.25) is 0 Å². The van der Waals surface area contributed by atoms with Crippen LogP contribution in [0.15, 0.2) is 60.7 Å². The zero-order valence-corrected chi connectivity index (χ0v) is 12.6. The minimum atomic E-state index is -0.826. The summed E-state index contributed by atoms with van der Waals surface area (Å²) in [6.45, 7) is 0. The molecule has 0 saturated heterocycles. The predicted molar refractivity (Wildman–Crippen MR) is 67.1 cm³/mol. The quantitative estimate of drug-likeness (QED) is 0.703. The van der Waals surface area contributed by atoms with Crippen molar-refractivity contribution in [1.29, 1.82) is 0 Å². The third kappa shape index (κ3) is 5.75. The maximum atomic E-state index is 4.93. The zero-order chi connectivity index (χ0) is 11.6. The SMILES string of the molecule is [Cl][Zr][Cl].c1ccc([CH-]c2ccccc2)cc1. The summed E-state index contributed by atoms with van der Waals surface area (Å²) in [7, 11) is 9.87. The molecule has 0 aliphatic heterocycles. The molecule has 0 fully saturated rings. The van der Waals surface area contributed by atoms with Crippen LogP contribution in [0, 0.1) is 6.42 Å². The Hall–Kier alpha value is -0.227. The molecule has 0 N–H and O–H groups in total. The first-order chi connectivity index (χ1) is 7.86. The Balaban J connectivity index is 0.000000386. The van der Waals surface area contributed by atoms with Crippen molar-refractivity contribution in [2.75, 3.05) is 0 Å². The molecule has 2 aromatic carbocycles. The Kier molecular flexibility index (Phi) is 7.67. The monoisotopic (exact) mass is 327 g/mol. The molecule has 0 unspecified atom stereocenters. The summed E-state index contributed by atoms with van der Waals surface area (Å²) in [5.74, 6) is 0. The largest absolute Gasteiger partial charge is 0.126 e. The van der Waals surface area contributed by atoms with E-state index in [4.69, 9.17) is 17.0 Å². The van der Waals surface area contributed by atoms with Crippen LogP contribution in [0.4, 0.5) is 0 Å². The normalized spacial score (nSPS) is 8.62. The molecular weight excluding hydrogens is 318 g/mol. The van der Waals surface area contributed by atoms with E-state index in [0.29, 0.717) is 0 Å². The molecule has 0 saturated carbocycles. The fourth-order valence-corrected chi connectivity index (χ4v) is 1.29. The van der Waals surface area contributed by atoms with Gasteiger partial charge in [0.15, 0.2) is 0 Å². The number of benzene rings is 2. The van der Waals surface area contributed by atoms with Gasteiger partial charge in [-0.15, -0.1) is 41.8 Å². The van der Waals surface area contributed by atoms with Crippen LogP contribution in [0.25, 0.3) is 0 Å². The zero-order valence-electron chi connectivity index (χ0n) is 8.61. The maximum absolute atomic E-state index is 4.93. The Morgan fingerprint density at radius 3 is 1.31 bits per heavy atom. The van der Waals surface area contributed by atoms with Gasteiger partial charge in [-0.2, -0.15) is 0 Å². The van der Waals surface area contributed by atoms with E-state index in [2.05, 4.69) is 55.0 Å². The molecule has 82 valence electrons. The standard InChI is InChI=1S/C13H11.2ClH.Zr/c1-3-7-12(8-4-1)11-13-9-5-2-6-10-13;;;/h1-11H;2*1H;/q-1;;;+2/p-2. The van der Waals surface area contributed by atoms with Crippen LogP contribution in [0.1, 0.15) is 11.1 Å². The molecular formula is C13H11Cl2Zr-. The average molecular weight is 329 g/mol. The van der Waals surface area contributed by atoms with Crippen LogP contribution in [0.3, 0.4) is 0 Å². The average Bonchev–Trinajstić information content (AvgIpc) is 2.33. The van der Waals surface area contributed by atoms with Gasteiger partial charge in [0.05, 0.1) is 0 Å². The van der Waals surface area contributed by atoms with Crippen molar-refractivity contribution in [1.82, 2.24) is 0 Å². The van der Waals surface area contributed by atoms with Crippen molar-refractivity contribution >= 4 is 17.0 Å². The van der Waals surface area contributed by atoms with E-state index in [0.717, 1.165) is 0 Å². The fraction of sp³-hybridized carbons (Fsp3) is 0. The molecule has 0 bridgehead atoms. The number of rotatable bonds is 2. The van der Waals surface area contributed by atoms with Crippen molar-refractivity contribution in [2.45, 2.75) is 0 Å². The van der Waals surface area contributed by atoms with Crippen molar-refractivity contribution in [2.24, 2.45) is 0 Å². The Bertz CT molecular complexity index is 338. The van der Waals surface area contributed by atoms with Gasteiger partial charge in [-0.05, 0) is 0 Å². The van der Waals surface area contributed by atoms with Crippen molar-refractivity contribution in [3.8, 4) is 0 Å². The maximum Gasteiger partial charge on any atom is -0.0771 e. The smallest absolute Gasteiger partial charge is 0.0771 e. The first-order valence-electron chi connectivity index (χ1n) is 4.78. The minimum absolute atomic E-state index is 0.826. The second-order valence-electron chi connectivity index (χ2n) is 3.04. The van der Waals surface area contributed by atoms with E-state index in [-0.39, 0.29) is 0 Å². The van der Waals surface area contributed by atoms with E-state index in [1.165, 1.54) is 11.1 Å². The fourth-order valence-electron chi connectivity index (χ4n) is 1.29. The summed E-state index contributed by atoms with van der Waals surface area (Å²) in [5, 5.41) is 0. The van der Waals surface area contributed by atoms with Gasteiger partial charge in [0.2, 0.25) is 0 Å². The van der Waals surface area contributed by atoms with E-state index in [9.17, 15) is 0 Å². The number of hydrogen-bond donors (Lipinski definition) is 0. The Morgan fingerprint density at radius 1 is 0.688 bits per heavy atom. The van der Waals surface area contributed by atoms with Crippen LogP contribution in [-0.2, 0) is 20.8 Å². The molecule has 3 heteroatoms. The third-order valence-electron chi connectivity index (χ3n) is 1.93. The van der Waals surface area contributed by atoms with Gasteiger partial charge in [-0.25, -0.2) is 0 Å². The van der Waals surface area contributed by atoms with Gasteiger partial charge >= 0.3 is 37.9 Å². The molecule has 0 radical (unpaired) electrons. The summed E-state index contributed by atoms with van der Waals surface area (Å²) in [5.41, 5.74) is 2.49. The molecule has 0 aliphatic rings. The number of halogens is 2. The van der Waals surface area contributed by atoms with Gasteiger partial charge in [0.25, 0.3) is 0 Å². The van der Waals surface area contributed by atoms with E-state index < -0.39 is 20.8 Å². The van der Waals surface area contributed by atoms with Crippen LogP contribution in [-0.4, -0.2) is 0 Å². The molecule has 16 heavy (non-hydrogen) atoms. The molecule has 0 atom stereocenters.